The van der Waals surface area contributed by atoms with Gasteiger partial charge in [-0.2, -0.15) is 0 Å². The van der Waals surface area contributed by atoms with E-state index >= 15 is 0 Å². The maximum atomic E-state index is 13.1. The molecule has 1 amide bonds. The highest BCUT2D eigenvalue weighted by molar-refractivity contribution is 7.13. The smallest absolute Gasteiger partial charge is 0.253 e. The lowest BCUT2D eigenvalue weighted by molar-refractivity contribution is 0.0297. The molecule has 6 heteroatoms. The Kier molecular flexibility index (Phi) is 5.62. The monoisotopic (exact) mass is 371 g/mol. The van der Waals surface area contributed by atoms with Crippen LogP contribution in [0.15, 0.2) is 35.8 Å². The van der Waals surface area contributed by atoms with E-state index in [0.717, 1.165) is 55.3 Å². The Hall–Kier alpha value is -1.76. The molecule has 1 aromatic carbocycles. The van der Waals surface area contributed by atoms with Crippen molar-refractivity contribution in [3.8, 4) is 10.6 Å². The molecule has 5 nitrogen and oxygen atoms in total. The molecule has 0 unspecified atom stereocenters. The molecular weight excluding hydrogens is 346 g/mol. The predicted octanol–water partition coefficient (Wildman–Crippen LogP) is 3.14. The number of hydrogen-bond acceptors (Lipinski definition) is 5. The van der Waals surface area contributed by atoms with Gasteiger partial charge in [0.15, 0.2) is 0 Å². The minimum absolute atomic E-state index is 0.0975. The normalized spacial score (nSPS) is 21.7. The molecule has 2 saturated heterocycles. The van der Waals surface area contributed by atoms with Crippen LogP contribution in [0.4, 0.5) is 0 Å². The van der Waals surface area contributed by atoms with E-state index in [1.807, 2.05) is 34.5 Å². The van der Waals surface area contributed by atoms with Gasteiger partial charge in [-0.15, -0.1) is 11.3 Å². The molecule has 0 N–H and O–H groups in total. The zero-order valence-corrected chi connectivity index (χ0v) is 15.8. The molecule has 2 fully saturated rings. The third-order valence-corrected chi connectivity index (χ3v) is 5.91. The minimum atomic E-state index is 0.0975. The van der Waals surface area contributed by atoms with Crippen LogP contribution >= 0.6 is 11.3 Å². The number of ether oxygens (including phenoxy) is 1. The fraction of sp³-hybridized carbons (Fsp3) is 0.500. The van der Waals surface area contributed by atoms with Crippen LogP contribution < -0.4 is 0 Å². The zero-order valence-electron chi connectivity index (χ0n) is 15.0. The lowest BCUT2D eigenvalue weighted by Crippen LogP contribution is -2.41. The number of amides is 1. The number of carbonyl (C=O) groups is 1. The van der Waals surface area contributed by atoms with Crippen LogP contribution in [0.5, 0.6) is 0 Å². The van der Waals surface area contributed by atoms with Gasteiger partial charge in [0.05, 0.1) is 6.10 Å². The van der Waals surface area contributed by atoms with Crippen molar-refractivity contribution in [1.82, 2.24) is 14.8 Å². The molecule has 2 aliphatic heterocycles. The third-order valence-electron chi connectivity index (χ3n) is 5.09. The molecule has 2 aliphatic rings. The number of carbonyl (C=O) groups excluding carboxylic acids is 1. The van der Waals surface area contributed by atoms with E-state index in [9.17, 15) is 4.79 Å². The van der Waals surface area contributed by atoms with Crippen LogP contribution in [0.3, 0.4) is 0 Å². The first-order valence-electron chi connectivity index (χ1n) is 9.43. The van der Waals surface area contributed by atoms with Crippen molar-refractivity contribution in [2.45, 2.75) is 25.4 Å². The van der Waals surface area contributed by atoms with Gasteiger partial charge < -0.3 is 14.5 Å². The maximum absolute atomic E-state index is 13.1. The molecule has 138 valence electrons. The maximum Gasteiger partial charge on any atom is 0.253 e. The second-order valence-electron chi connectivity index (χ2n) is 7.02. The van der Waals surface area contributed by atoms with E-state index in [0.29, 0.717) is 6.54 Å². The van der Waals surface area contributed by atoms with Crippen molar-refractivity contribution in [2.24, 2.45) is 0 Å². The molecule has 1 aromatic heterocycles. The van der Waals surface area contributed by atoms with Gasteiger partial charge in [0.25, 0.3) is 5.91 Å². The molecule has 0 bridgehead atoms. The van der Waals surface area contributed by atoms with Gasteiger partial charge in [-0.25, -0.2) is 4.98 Å². The fourth-order valence-electron chi connectivity index (χ4n) is 3.78. The summed E-state index contributed by atoms with van der Waals surface area (Å²) in [7, 11) is 0. The zero-order chi connectivity index (χ0) is 17.8. The molecule has 26 heavy (non-hydrogen) atoms. The standard InChI is InChI=1S/C20H25N3O2S/c24-20(17-6-3-5-16(13-17)19-21-7-12-26-19)23-10-4-11-25-18(15-23)14-22-8-1-2-9-22/h3,5-7,12-13,18H,1-2,4,8-11,14-15H2/t18-/m1/s1. The second-order valence-corrected chi connectivity index (χ2v) is 7.92. The Morgan fingerprint density at radius 2 is 2.12 bits per heavy atom. The first kappa shape index (κ1) is 17.6. The van der Waals surface area contributed by atoms with Crippen molar-refractivity contribution < 1.29 is 9.53 Å². The highest BCUT2D eigenvalue weighted by atomic mass is 32.1. The van der Waals surface area contributed by atoms with Gasteiger partial charge in [-0.1, -0.05) is 12.1 Å². The summed E-state index contributed by atoms with van der Waals surface area (Å²) in [4.78, 5) is 21.9. The average molecular weight is 372 g/mol. The summed E-state index contributed by atoms with van der Waals surface area (Å²) in [5, 5.41) is 2.91. The van der Waals surface area contributed by atoms with E-state index in [1.165, 1.54) is 12.8 Å². The van der Waals surface area contributed by atoms with Gasteiger partial charge in [0.2, 0.25) is 0 Å². The summed E-state index contributed by atoms with van der Waals surface area (Å²) in [6.07, 6.45) is 5.36. The first-order valence-corrected chi connectivity index (χ1v) is 10.3. The Balaban J connectivity index is 1.46. The molecule has 0 spiro atoms. The highest BCUT2D eigenvalue weighted by Crippen LogP contribution is 2.23. The molecule has 1 atom stereocenters. The number of hydrogen-bond donors (Lipinski definition) is 0. The van der Waals surface area contributed by atoms with Crippen LogP contribution in [0, 0.1) is 0 Å². The fourth-order valence-corrected chi connectivity index (χ4v) is 4.41. The van der Waals surface area contributed by atoms with Crippen molar-refractivity contribution in [1.29, 1.82) is 0 Å². The molecule has 0 saturated carbocycles. The Morgan fingerprint density at radius 3 is 2.92 bits per heavy atom. The van der Waals surface area contributed by atoms with Crippen molar-refractivity contribution >= 4 is 17.2 Å². The summed E-state index contributed by atoms with van der Waals surface area (Å²) in [6.45, 7) is 5.42. The van der Waals surface area contributed by atoms with Gasteiger partial charge in [0, 0.05) is 48.9 Å². The van der Waals surface area contributed by atoms with Crippen LogP contribution in [-0.4, -0.2) is 66.1 Å². The van der Waals surface area contributed by atoms with E-state index in [-0.39, 0.29) is 12.0 Å². The van der Waals surface area contributed by atoms with Crippen LogP contribution in [-0.2, 0) is 4.74 Å². The lowest BCUT2D eigenvalue weighted by atomic mass is 10.1. The summed E-state index contributed by atoms with van der Waals surface area (Å²) in [5.74, 6) is 0.0975. The third kappa shape index (κ3) is 4.14. The number of thiazole rings is 1. The van der Waals surface area contributed by atoms with Crippen LogP contribution in [0.1, 0.15) is 29.6 Å². The molecule has 0 radical (unpaired) electrons. The quantitative estimate of drug-likeness (QED) is 0.828. The predicted molar refractivity (Wildman–Crippen MR) is 103 cm³/mol. The van der Waals surface area contributed by atoms with Crippen molar-refractivity contribution in [3.05, 3.63) is 41.4 Å². The molecule has 4 rings (SSSR count). The largest absolute Gasteiger partial charge is 0.375 e. The summed E-state index contributed by atoms with van der Waals surface area (Å²) in [6, 6.07) is 7.82. The molecular formula is C20H25N3O2S. The van der Waals surface area contributed by atoms with E-state index in [4.69, 9.17) is 4.74 Å². The Labute approximate surface area is 158 Å². The van der Waals surface area contributed by atoms with E-state index in [1.54, 1.807) is 17.5 Å². The molecule has 2 aromatic rings. The van der Waals surface area contributed by atoms with Gasteiger partial charge in [-0.05, 0) is 44.5 Å². The number of likely N-dealkylation sites (tertiary alicyclic amines) is 1. The average Bonchev–Trinajstić information content (AvgIpc) is 3.33. The number of nitrogens with zero attached hydrogens (tertiary/aromatic N) is 3. The summed E-state index contributed by atoms with van der Waals surface area (Å²) < 4.78 is 6.02. The second kappa shape index (κ2) is 8.29. The van der Waals surface area contributed by atoms with Crippen molar-refractivity contribution in [2.75, 3.05) is 39.3 Å². The SMILES string of the molecule is O=C(c1cccc(-c2nccs2)c1)N1CCCO[C@H](CN2CCCC2)C1. The van der Waals surface area contributed by atoms with E-state index in [2.05, 4.69) is 9.88 Å². The van der Waals surface area contributed by atoms with Crippen molar-refractivity contribution in [3.63, 3.8) is 0 Å². The molecule has 0 aliphatic carbocycles. The van der Waals surface area contributed by atoms with Gasteiger partial charge >= 0.3 is 0 Å². The van der Waals surface area contributed by atoms with E-state index < -0.39 is 0 Å². The Morgan fingerprint density at radius 1 is 1.23 bits per heavy atom. The van der Waals surface area contributed by atoms with Crippen LogP contribution in [0.2, 0.25) is 0 Å². The summed E-state index contributed by atoms with van der Waals surface area (Å²) >= 11 is 1.59. The topological polar surface area (TPSA) is 45.7 Å². The minimum Gasteiger partial charge on any atom is -0.375 e. The van der Waals surface area contributed by atoms with Gasteiger partial charge in [0.1, 0.15) is 5.01 Å². The van der Waals surface area contributed by atoms with Gasteiger partial charge in [-0.3, -0.25) is 4.79 Å². The molecule has 3 heterocycles. The summed E-state index contributed by atoms with van der Waals surface area (Å²) in [5.41, 5.74) is 1.74. The highest BCUT2D eigenvalue weighted by Gasteiger charge is 2.26. The number of rotatable bonds is 4. The Bertz CT molecular complexity index is 728. The lowest BCUT2D eigenvalue weighted by Gasteiger charge is -2.27. The number of aromatic nitrogens is 1. The number of benzene rings is 1. The van der Waals surface area contributed by atoms with Crippen LogP contribution in [0.25, 0.3) is 10.6 Å². The first-order chi connectivity index (χ1) is 12.8.